The van der Waals surface area contributed by atoms with Gasteiger partial charge in [0, 0.05) is 46.5 Å². The van der Waals surface area contributed by atoms with Gasteiger partial charge in [0.05, 0.1) is 31.9 Å². The van der Waals surface area contributed by atoms with Crippen LogP contribution in [0.4, 0.5) is 10.5 Å². The number of carbonyl (C=O) groups is 2. The van der Waals surface area contributed by atoms with Crippen molar-refractivity contribution in [2.75, 3.05) is 66.0 Å². The number of nitrogens with zero attached hydrogens (tertiary/aromatic N) is 2. The van der Waals surface area contributed by atoms with Gasteiger partial charge >= 0.3 is 6.09 Å². The molecule has 1 saturated carbocycles. The lowest BCUT2D eigenvalue weighted by Gasteiger charge is -2.22. The zero-order valence-electron chi connectivity index (χ0n) is 27.9. The number of rotatable bonds is 16. The lowest BCUT2D eigenvalue weighted by atomic mass is 10.0. The second-order valence-corrected chi connectivity index (χ2v) is 12.7. The zero-order chi connectivity index (χ0) is 33.0. The molecule has 0 aromatic heterocycles. The standard InChI is InChI=1S/C38H49N3O6/c1-40(27-37(44-2)45-3)36(42)19-22-46-21-18-29-15-13-28(14-16-29)17-20-41-25-31-23-33(24-32(31)26-41)47-38(43)39-35-12-8-7-11-34(35)30-9-5-4-6-10-30/h4-16,31-33,37H,17-27H2,1-3H3,(H,39,43)/t31-,32+,33+. The van der Waals surface area contributed by atoms with Gasteiger partial charge in [-0.05, 0) is 60.3 Å². The van der Waals surface area contributed by atoms with Crippen molar-refractivity contribution < 1.29 is 28.5 Å². The fraction of sp³-hybridized carbons (Fsp3) is 0.474. The number of likely N-dealkylation sites (tertiary alicyclic amines) is 1. The van der Waals surface area contributed by atoms with E-state index in [4.69, 9.17) is 18.9 Å². The molecule has 1 saturated heterocycles. The third-order valence-corrected chi connectivity index (χ3v) is 9.42. The molecule has 3 atom stereocenters. The maximum absolute atomic E-state index is 12.8. The molecule has 2 fully saturated rings. The summed E-state index contributed by atoms with van der Waals surface area (Å²) >= 11 is 0. The van der Waals surface area contributed by atoms with Gasteiger partial charge in [-0.2, -0.15) is 0 Å². The van der Waals surface area contributed by atoms with Crippen LogP contribution in [0.1, 0.15) is 30.4 Å². The number of hydrogen-bond donors (Lipinski definition) is 1. The molecule has 1 aliphatic heterocycles. The summed E-state index contributed by atoms with van der Waals surface area (Å²) in [6, 6.07) is 26.7. The highest BCUT2D eigenvalue weighted by molar-refractivity contribution is 5.91. The minimum absolute atomic E-state index is 0.00674. The number of para-hydroxylation sites is 1. The predicted octanol–water partition coefficient (Wildman–Crippen LogP) is 5.88. The fourth-order valence-electron chi connectivity index (χ4n) is 6.75. The summed E-state index contributed by atoms with van der Waals surface area (Å²) in [5.74, 6) is 1.16. The number of likely N-dealkylation sites (N-methyl/N-ethyl adjacent to an activating group) is 1. The first kappa shape index (κ1) is 34.6. The van der Waals surface area contributed by atoms with Gasteiger partial charge in [0.1, 0.15) is 6.10 Å². The Morgan fingerprint density at radius 1 is 0.851 bits per heavy atom. The van der Waals surface area contributed by atoms with Crippen LogP contribution in [0.25, 0.3) is 11.1 Å². The second kappa shape index (κ2) is 17.4. The molecule has 47 heavy (non-hydrogen) atoms. The van der Waals surface area contributed by atoms with Crippen molar-refractivity contribution in [1.82, 2.24) is 9.80 Å². The number of nitrogens with one attached hydrogen (secondary N) is 1. The Morgan fingerprint density at radius 2 is 1.49 bits per heavy atom. The quantitative estimate of drug-likeness (QED) is 0.154. The molecule has 252 valence electrons. The second-order valence-electron chi connectivity index (χ2n) is 12.7. The molecule has 1 heterocycles. The van der Waals surface area contributed by atoms with Crippen LogP contribution in [0.15, 0.2) is 78.9 Å². The molecule has 1 aliphatic carbocycles. The minimum Gasteiger partial charge on any atom is -0.446 e. The molecule has 3 aromatic rings. The number of fused-ring (bicyclic) bond motifs is 1. The van der Waals surface area contributed by atoms with E-state index in [0.29, 0.717) is 38.0 Å². The Bertz CT molecular complexity index is 1400. The summed E-state index contributed by atoms with van der Waals surface area (Å²) < 4.78 is 21.9. The van der Waals surface area contributed by atoms with Crippen molar-refractivity contribution in [3.63, 3.8) is 0 Å². The van der Waals surface area contributed by atoms with Crippen LogP contribution in [0.5, 0.6) is 0 Å². The summed E-state index contributed by atoms with van der Waals surface area (Å²) in [5.41, 5.74) is 5.37. The number of methoxy groups -OCH3 is 2. The molecule has 0 unspecified atom stereocenters. The van der Waals surface area contributed by atoms with Crippen molar-refractivity contribution in [3.05, 3.63) is 90.0 Å². The first-order valence-electron chi connectivity index (χ1n) is 16.7. The van der Waals surface area contributed by atoms with Crippen LogP contribution in [0.3, 0.4) is 0 Å². The first-order chi connectivity index (χ1) is 22.9. The summed E-state index contributed by atoms with van der Waals surface area (Å²) in [7, 11) is 4.86. The molecule has 2 aliphatic rings. The molecule has 2 amide bonds. The summed E-state index contributed by atoms with van der Waals surface area (Å²) in [6.07, 6.45) is 3.20. The molecule has 0 radical (unpaired) electrons. The van der Waals surface area contributed by atoms with Crippen molar-refractivity contribution >= 4 is 17.7 Å². The third kappa shape index (κ3) is 10.1. The summed E-state index contributed by atoms with van der Waals surface area (Å²) in [5, 5.41) is 2.99. The summed E-state index contributed by atoms with van der Waals surface area (Å²) in [4.78, 5) is 29.3. The fourth-order valence-corrected chi connectivity index (χ4v) is 6.75. The maximum atomic E-state index is 12.8. The topological polar surface area (TPSA) is 89.6 Å². The van der Waals surface area contributed by atoms with Crippen molar-refractivity contribution in [1.29, 1.82) is 0 Å². The van der Waals surface area contributed by atoms with Crippen LogP contribution in [0, 0.1) is 11.8 Å². The zero-order valence-corrected chi connectivity index (χ0v) is 27.9. The molecule has 9 nitrogen and oxygen atoms in total. The van der Waals surface area contributed by atoms with Gasteiger partial charge in [-0.1, -0.05) is 72.8 Å². The van der Waals surface area contributed by atoms with Gasteiger partial charge in [-0.15, -0.1) is 0 Å². The molecule has 3 aromatic carbocycles. The van der Waals surface area contributed by atoms with Gasteiger partial charge in [0.15, 0.2) is 6.29 Å². The lowest BCUT2D eigenvalue weighted by molar-refractivity contribution is -0.143. The van der Waals surface area contributed by atoms with Crippen LogP contribution in [-0.4, -0.2) is 94.9 Å². The van der Waals surface area contributed by atoms with E-state index in [1.807, 2.05) is 54.6 Å². The Hall–Kier alpha value is -3.76. The van der Waals surface area contributed by atoms with Gasteiger partial charge in [-0.3, -0.25) is 10.1 Å². The number of hydrogen-bond acceptors (Lipinski definition) is 7. The van der Waals surface area contributed by atoms with E-state index in [1.54, 1.807) is 26.2 Å². The van der Waals surface area contributed by atoms with Crippen molar-refractivity contribution in [2.24, 2.45) is 11.8 Å². The van der Waals surface area contributed by atoms with Gasteiger partial charge in [0.25, 0.3) is 0 Å². The van der Waals surface area contributed by atoms with Gasteiger partial charge in [-0.25, -0.2) is 4.79 Å². The number of benzene rings is 3. The Kier molecular flexibility index (Phi) is 12.8. The predicted molar refractivity (Wildman–Crippen MR) is 183 cm³/mol. The highest BCUT2D eigenvalue weighted by atomic mass is 16.7. The van der Waals surface area contributed by atoms with E-state index in [0.717, 1.165) is 62.1 Å². The largest absolute Gasteiger partial charge is 0.446 e. The van der Waals surface area contributed by atoms with Crippen molar-refractivity contribution in [2.45, 2.75) is 44.5 Å². The monoisotopic (exact) mass is 643 g/mol. The highest BCUT2D eigenvalue weighted by Crippen LogP contribution is 2.39. The number of carbonyl (C=O) groups excluding carboxylic acids is 2. The van der Waals surface area contributed by atoms with E-state index < -0.39 is 6.29 Å². The normalized spacial score (nSPS) is 19.1. The Morgan fingerprint density at radius 3 is 2.17 bits per heavy atom. The van der Waals surface area contributed by atoms with E-state index in [-0.39, 0.29) is 18.1 Å². The Balaban J connectivity index is 0.957. The minimum atomic E-state index is -0.423. The number of amides is 2. The molecule has 0 spiro atoms. The molecule has 1 N–H and O–H groups in total. The number of ether oxygens (including phenoxy) is 4. The molecular weight excluding hydrogens is 594 g/mol. The van der Waals surface area contributed by atoms with Crippen molar-refractivity contribution in [3.8, 4) is 11.1 Å². The van der Waals surface area contributed by atoms with Gasteiger partial charge in [0.2, 0.25) is 5.91 Å². The summed E-state index contributed by atoms with van der Waals surface area (Å²) in [6.45, 7) is 4.53. The van der Waals surface area contributed by atoms with Gasteiger partial charge < -0.3 is 28.7 Å². The van der Waals surface area contributed by atoms with Crippen LogP contribution in [0.2, 0.25) is 0 Å². The van der Waals surface area contributed by atoms with Crippen LogP contribution < -0.4 is 5.32 Å². The van der Waals surface area contributed by atoms with Crippen LogP contribution >= 0.6 is 0 Å². The first-order valence-corrected chi connectivity index (χ1v) is 16.7. The smallest absolute Gasteiger partial charge is 0.411 e. The van der Waals surface area contributed by atoms with Crippen LogP contribution in [-0.2, 0) is 36.6 Å². The average Bonchev–Trinajstić information content (AvgIpc) is 3.65. The molecule has 0 bridgehead atoms. The number of anilines is 1. The SMILES string of the molecule is COC(CN(C)C(=O)CCOCCc1ccc(CCN2C[C@H]3C[C@H](OC(=O)Nc4ccccc4-c4ccccc4)C[C@H]3C2)cc1)OC. The maximum Gasteiger partial charge on any atom is 0.411 e. The molecule has 5 rings (SSSR count). The van der Waals surface area contributed by atoms with E-state index in [9.17, 15) is 9.59 Å². The lowest BCUT2D eigenvalue weighted by Crippen LogP contribution is -2.36. The highest BCUT2D eigenvalue weighted by Gasteiger charge is 2.42. The van der Waals surface area contributed by atoms with E-state index >= 15 is 0 Å². The van der Waals surface area contributed by atoms with E-state index in [1.165, 1.54) is 11.1 Å². The average molecular weight is 644 g/mol. The molecular formula is C38H49N3O6. The third-order valence-electron chi connectivity index (χ3n) is 9.42. The Labute approximate surface area is 279 Å². The van der Waals surface area contributed by atoms with E-state index in [2.05, 4.69) is 34.5 Å². The molecule has 9 heteroatoms.